The summed E-state index contributed by atoms with van der Waals surface area (Å²) < 4.78 is 2.53. The van der Waals surface area contributed by atoms with Crippen LogP contribution in [0.5, 0.6) is 0 Å². The van der Waals surface area contributed by atoms with Crippen LogP contribution in [0.1, 0.15) is 57.8 Å². The third-order valence-electron chi connectivity index (χ3n) is 4.32. The van der Waals surface area contributed by atoms with E-state index in [1.165, 1.54) is 64.3 Å². The van der Waals surface area contributed by atoms with Gasteiger partial charge in [-0.1, -0.05) is 25.7 Å². The van der Waals surface area contributed by atoms with E-state index in [0.717, 1.165) is 26.2 Å². The molecule has 114 valence electrons. The SMILES string of the molecule is C1=[N+](\C2=C\CCCCCCCC2)CCCNCCNC/1. The summed E-state index contributed by atoms with van der Waals surface area (Å²) in [6, 6.07) is 0. The van der Waals surface area contributed by atoms with E-state index >= 15 is 0 Å². The van der Waals surface area contributed by atoms with E-state index in [0.29, 0.717) is 0 Å². The van der Waals surface area contributed by atoms with Gasteiger partial charge in [-0.15, -0.1) is 0 Å². The molecule has 0 bridgehead atoms. The van der Waals surface area contributed by atoms with Crippen LogP contribution in [-0.4, -0.2) is 43.5 Å². The van der Waals surface area contributed by atoms with Crippen molar-refractivity contribution in [2.75, 3.05) is 32.7 Å². The summed E-state index contributed by atoms with van der Waals surface area (Å²) in [6.45, 7) is 5.47. The molecule has 0 saturated carbocycles. The lowest BCUT2D eigenvalue weighted by atomic mass is 10.0. The van der Waals surface area contributed by atoms with Crippen molar-refractivity contribution < 1.29 is 4.58 Å². The summed E-state index contributed by atoms with van der Waals surface area (Å²) in [5, 5.41) is 6.98. The Kier molecular flexibility index (Phi) is 7.95. The Hall–Kier alpha value is -0.670. The topological polar surface area (TPSA) is 27.1 Å². The minimum Gasteiger partial charge on any atom is -0.315 e. The van der Waals surface area contributed by atoms with Crippen molar-refractivity contribution in [1.29, 1.82) is 0 Å². The highest BCUT2D eigenvalue weighted by atomic mass is 15.0. The summed E-state index contributed by atoms with van der Waals surface area (Å²) in [5.41, 5.74) is 1.58. The molecular formula is C17H32N3+. The molecular weight excluding hydrogens is 246 g/mol. The van der Waals surface area contributed by atoms with Crippen LogP contribution in [0.25, 0.3) is 0 Å². The fourth-order valence-corrected chi connectivity index (χ4v) is 3.09. The zero-order chi connectivity index (χ0) is 13.9. The molecule has 0 aromatic heterocycles. The third-order valence-corrected chi connectivity index (χ3v) is 4.32. The van der Waals surface area contributed by atoms with E-state index in [1.54, 1.807) is 5.70 Å². The highest BCUT2D eigenvalue weighted by Crippen LogP contribution is 2.17. The maximum absolute atomic E-state index is 3.50. The highest BCUT2D eigenvalue weighted by molar-refractivity contribution is 5.54. The number of nitrogens with zero attached hydrogens (tertiary/aromatic N) is 1. The number of hydrogen-bond acceptors (Lipinski definition) is 2. The van der Waals surface area contributed by atoms with Gasteiger partial charge in [0.2, 0.25) is 0 Å². The fourth-order valence-electron chi connectivity index (χ4n) is 3.09. The van der Waals surface area contributed by atoms with Gasteiger partial charge in [-0.05, 0) is 25.3 Å². The molecule has 2 rings (SSSR count). The van der Waals surface area contributed by atoms with E-state index in [1.807, 2.05) is 0 Å². The molecule has 0 fully saturated rings. The number of nitrogens with one attached hydrogen (secondary N) is 2. The minimum absolute atomic E-state index is 0.999. The zero-order valence-corrected chi connectivity index (χ0v) is 13.0. The first-order valence-corrected chi connectivity index (χ1v) is 8.67. The van der Waals surface area contributed by atoms with E-state index in [9.17, 15) is 0 Å². The Labute approximate surface area is 124 Å². The van der Waals surface area contributed by atoms with Crippen molar-refractivity contribution in [3.63, 3.8) is 0 Å². The first-order valence-electron chi connectivity index (χ1n) is 8.67. The van der Waals surface area contributed by atoms with Gasteiger partial charge >= 0.3 is 0 Å². The molecule has 0 aromatic carbocycles. The first-order chi connectivity index (χ1) is 9.97. The van der Waals surface area contributed by atoms with Crippen LogP contribution in [0.3, 0.4) is 0 Å². The molecule has 1 heterocycles. The second-order valence-corrected chi connectivity index (χ2v) is 6.04. The molecule has 2 N–H and O–H groups in total. The molecule has 20 heavy (non-hydrogen) atoms. The van der Waals surface area contributed by atoms with Gasteiger partial charge in [0.15, 0.2) is 11.9 Å². The third kappa shape index (κ3) is 6.19. The monoisotopic (exact) mass is 278 g/mol. The van der Waals surface area contributed by atoms with Crippen LogP contribution in [0.2, 0.25) is 0 Å². The van der Waals surface area contributed by atoms with Gasteiger partial charge in [0, 0.05) is 32.5 Å². The Bertz CT molecular complexity index is 288. The van der Waals surface area contributed by atoms with Crippen molar-refractivity contribution >= 4 is 6.21 Å². The van der Waals surface area contributed by atoms with Crippen molar-refractivity contribution in [3.8, 4) is 0 Å². The van der Waals surface area contributed by atoms with Gasteiger partial charge in [0.05, 0.1) is 6.54 Å². The van der Waals surface area contributed by atoms with E-state index in [-0.39, 0.29) is 0 Å². The molecule has 0 radical (unpaired) electrons. The lowest BCUT2D eigenvalue weighted by molar-refractivity contribution is -0.476. The molecule has 0 unspecified atom stereocenters. The van der Waals surface area contributed by atoms with Crippen molar-refractivity contribution in [3.05, 3.63) is 11.8 Å². The molecule has 0 amide bonds. The molecule has 1 aliphatic carbocycles. The van der Waals surface area contributed by atoms with Gasteiger partial charge in [0.1, 0.15) is 6.54 Å². The molecule has 3 nitrogen and oxygen atoms in total. The average Bonchev–Trinajstić information content (AvgIpc) is 2.50. The molecule has 0 saturated heterocycles. The minimum atomic E-state index is 0.999. The van der Waals surface area contributed by atoms with Crippen LogP contribution in [-0.2, 0) is 0 Å². The normalized spacial score (nSPS) is 29.6. The van der Waals surface area contributed by atoms with Crippen LogP contribution >= 0.6 is 0 Å². The fraction of sp³-hybridized carbons (Fsp3) is 0.824. The van der Waals surface area contributed by atoms with Crippen molar-refractivity contribution in [2.24, 2.45) is 0 Å². The van der Waals surface area contributed by atoms with Crippen LogP contribution in [0, 0.1) is 0 Å². The predicted molar refractivity (Wildman–Crippen MR) is 86.6 cm³/mol. The van der Waals surface area contributed by atoms with Gasteiger partial charge in [-0.2, -0.15) is 0 Å². The Morgan fingerprint density at radius 2 is 1.60 bits per heavy atom. The maximum atomic E-state index is 3.50. The Morgan fingerprint density at radius 3 is 2.55 bits per heavy atom. The van der Waals surface area contributed by atoms with E-state index in [4.69, 9.17) is 0 Å². The molecule has 0 atom stereocenters. The molecule has 0 aromatic rings. The average molecular weight is 278 g/mol. The molecule has 1 aliphatic heterocycles. The second kappa shape index (κ2) is 10.1. The summed E-state index contributed by atoms with van der Waals surface area (Å²) in [4.78, 5) is 0. The first kappa shape index (κ1) is 15.7. The quantitative estimate of drug-likeness (QED) is 0.722. The van der Waals surface area contributed by atoms with Gasteiger partial charge in [0.25, 0.3) is 0 Å². The second-order valence-electron chi connectivity index (χ2n) is 6.04. The standard InChI is InChI=1S/C17H32N3/c1-2-4-6-9-17(10-7-5-3-1)20-15-8-11-18-12-13-19-14-16-20/h9,16,18-19H,1-8,10-15H2/q+1/b17-9+,20-16-. The smallest absolute Gasteiger partial charge is 0.177 e. The summed E-state index contributed by atoms with van der Waals surface area (Å²) in [7, 11) is 0. The van der Waals surface area contributed by atoms with Gasteiger partial charge in [-0.25, -0.2) is 4.58 Å². The van der Waals surface area contributed by atoms with Crippen molar-refractivity contribution in [1.82, 2.24) is 10.6 Å². The number of hydrogen-bond donors (Lipinski definition) is 2. The highest BCUT2D eigenvalue weighted by Gasteiger charge is 2.13. The van der Waals surface area contributed by atoms with Crippen LogP contribution < -0.4 is 10.6 Å². The maximum Gasteiger partial charge on any atom is 0.177 e. The molecule has 2 aliphatic rings. The van der Waals surface area contributed by atoms with Crippen molar-refractivity contribution in [2.45, 2.75) is 57.8 Å². The lowest BCUT2D eigenvalue weighted by Crippen LogP contribution is -2.33. The van der Waals surface area contributed by atoms with E-state index < -0.39 is 0 Å². The zero-order valence-electron chi connectivity index (χ0n) is 13.0. The van der Waals surface area contributed by atoms with Crippen LogP contribution in [0.15, 0.2) is 11.8 Å². The Balaban J connectivity index is 1.98. The number of rotatable bonds is 1. The molecule has 0 spiro atoms. The van der Waals surface area contributed by atoms with Gasteiger partial charge in [-0.3, -0.25) is 0 Å². The van der Waals surface area contributed by atoms with Crippen LogP contribution in [0.4, 0.5) is 0 Å². The predicted octanol–water partition coefficient (Wildman–Crippen LogP) is 2.67. The lowest BCUT2D eigenvalue weighted by Gasteiger charge is -2.12. The largest absolute Gasteiger partial charge is 0.315 e. The molecule has 3 heteroatoms. The summed E-state index contributed by atoms with van der Waals surface area (Å²) in [6.07, 6.45) is 17.1. The summed E-state index contributed by atoms with van der Waals surface area (Å²) >= 11 is 0. The summed E-state index contributed by atoms with van der Waals surface area (Å²) in [5.74, 6) is 0. The van der Waals surface area contributed by atoms with Gasteiger partial charge < -0.3 is 10.6 Å². The van der Waals surface area contributed by atoms with E-state index in [2.05, 4.69) is 27.5 Å². The Morgan fingerprint density at radius 1 is 0.800 bits per heavy atom. The number of allylic oxidation sites excluding steroid dienone is 2.